The smallest absolute Gasteiger partial charge is 0.227 e. The van der Waals surface area contributed by atoms with Crippen LogP contribution in [-0.4, -0.2) is 19.9 Å². The van der Waals surface area contributed by atoms with Gasteiger partial charge in [0, 0.05) is 33.0 Å². The molecule has 210 valence electrons. The molecule has 0 aliphatic heterocycles. The maximum Gasteiger partial charge on any atom is 0.227 e. The van der Waals surface area contributed by atoms with E-state index < -0.39 is 0 Å². The molecule has 5 nitrogen and oxygen atoms in total. The van der Waals surface area contributed by atoms with Crippen molar-refractivity contribution in [3.8, 4) is 45.2 Å². The van der Waals surface area contributed by atoms with Gasteiger partial charge in [-0.1, -0.05) is 103 Å². The van der Waals surface area contributed by atoms with Gasteiger partial charge in [-0.2, -0.15) is 0 Å². The number of hydrogen-bond acceptors (Lipinski definition) is 5. The number of hydrogen-bond donors (Lipinski definition) is 0. The average Bonchev–Trinajstić information content (AvgIpc) is 3.56. The first-order chi connectivity index (χ1) is 22.3. The quantitative estimate of drug-likeness (QED) is 0.195. The molecule has 0 atom stereocenters. The van der Waals surface area contributed by atoms with Crippen LogP contribution in [0.4, 0.5) is 0 Å². The summed E-state index contributed by atoms with van der Waals surface area (Å²) >= 11 is 0. The lowest BCUT2D eigenvalue weighted by molar-refractivity contribution is 0.620. The van der Waals surface area contributed by atoms with Crippen molar-refractivity contribution in [3.05, 3.63) is 146 Å². The van der Waals surface area contributed by atoms with Gasteiger partial charge in [0.25, 0.3) is 0 Å². The molecule has 0 aliphatic carbocycles. The fourth-order valence-electron chi connectivity index (χ4n) is 6.08. The van der Waals surface area contributed by atoms with Crippen molar-refractivity contribution in [2.75, 3.05) is 0 Å². The zero-order valence-corrected chi connectivity index (χ0v) is 24.1. The van der Waals surface area contributed by atoms with Crippen molar-refractivity contribution in [1.82, 2.24) is 19.9 Å². The van der Waals surface area contributed by atoms with Gasteiger partial charge in [0.2, 0.25) is 5.89 Å². The van der Waals surface area contributed by atoms with E-state index in [0.717, 1.165) is 77.8 Å². The summed E-state index contributed by atoms with van der Waals surface area (Å²) < 4.78 is 6.00. The van der Waals surface area contributed by atoms with Crippen LogP contribution in [0.25, 0.3) is 89.0 Å². The third-order valence-corrected chi connectivity index (χ3v) is 8.31. The van der Waals surface area contributed by atoms with Gasteiger partial charge in [-0.3, -0.25) is 0 Å². The molecule has 0 aliphatic rings. The molecular weight excluding hydrogens is 552 g/mol. The van der Waals surface area contributed by atoms with E-state index in [1.54, 1.807) is 0 Å². The first kappa shape index (κ1) is 25.3. The summed E-state index contributed by atoms with van der Waals surface area (Å²) in [4.78, 5) is 20.0. The van der Waals surface area contributed by atoms with Gasteiger partial charge >= 0.3 is 0 Å². The molecule has 0 fully saturated rings. The molecule has 0 saturated carbocycles. The maximum absolute atomic E-state index is 6.00. The van der Waals surface area contributed by atoms with Gasteiger partial charge in [0.05, 0.1) is 33.6 Å². The SMILES string of the molecule is c1ccc2nc(-c3ccc(-c4nc5ccccc5c5ccccc45)cc3)c(-c3ccc(-c4nc5ccccc5o4)cc3)nc2c1. The lowest BCUT2D eigenvalue weighted by atomic mass is 9.97. The summed E-state index contributed by atoms with van der Waals surface area (Å²) in [5, 5.41) is 3.49. The third-order valence-electron chi connectivity index (χ3n) is 8.31. The molecule has 0 N–H and O–H groups in total. The molecule has 45 heavy (non-hydrogen) atoms. The number of fused-ring (bicyclic) bond motifs is 5. The van der Waals surface area contributed by atoms with Crippen molar-refractivity contribution >= 4 is 43.8 Å². The van der Waals surface area contributed by atoms with Gasteiger partial charge in [0.1, 0.15) is 5.52 Å². The van der Waals surface area contributed by atoms with Crippen LogP contribution in [0.3, 0.4) is 0 Å². The second kappa shape index (κ2) is 10.2. The van der Waals surface area contributed by atoms with E-state index >= 15 is 0 Å². The molecule has 0 amide bonds. The Hall–Kier alpha value is -6.20. The topological polar surface area (TPSA) is 64.7 Å². The molecule has 0 radical (unpaired) electrons. The summed E-state index contributed by atoms with van der Waals surface area (Å²) in [6.45, 7) is 0. The Morgan fingerprint density at radius 1 is 0.311 bits per heavy atom. The zero-order chi connectivity index (χ0) is 29.7. The molecule has 5 heteroatoms. The van der Waals surface area contributed by atoms with Crippen molar-refractivity contribution in [2.45, 2.75) is 0 Å². The largest absolute Gasteiger partial charge is 0.436 e. The minimum atomic E-state index is 0.595. The maximum atomic E-state index is 6.00. The molecular formula is C40H24N4O. The Morgan fingerprint density at radius 2 is 0.756 bits per heavy atom. The van der Waals surface area contributed by atoms with Crippen LogP contribution < -0.4 is 0 Å². The Bertz CT molecular complexity index is 2500. The fraction of sp³-hybridized carbons (Fsp3) is 0. The molecule has 3 aromatic heterocycles. The minimum absolute atomic E-state index is 0.595. The first-order valence-electron chi connectivity index (χ1n) is 14.9. The fourth-order valence-corrected chi connectivity index (χ4v) is 6.08. The van der Waals surface area contributed by atoms with E-state index in [-0.39, 0.29) is 0 Å². The highest BCUT2D eigenvalue weighted by Crippen LogP contribution is 2.36. The normalized spacial score (nSPS) is 11.6. The highest BCUT2D eigenvalue weighted by Gasteiger charge is 2.16. The molecule has 0 spiro atoms. The van der Waals surface area contributed by atoms with E-state index in [2.05, 4.69) is 83.8 Å². The summed E-state index contributed by atoms with van der Waals surface area (Å²) in [5.74, 6) is 0.595. The number of nitrogens with zero attached hydrogens (tertiary/aromatic N) is 4. The van der Waals surface area contributed by atoms with Crippen molar-refractivity contribution in [3.63, 3.8) is 0 Å². The second-order valence-electron chi connectivity index (χ2n) is 11.1. The number of oxazole rings is 1. The molecule has 0 saturated heterocycles. The monoisotopic (exact) mass is 576 g/mol. The standard InChI is InChI=1S/C40H24N4O/c1-2-11-31-29(9-1)30-10-3-4-12-32(30)41-37(31)25-17-19-26(20-18-25)38-39(43-34-14-6-5-13-33(34)42-38)27-21-23-28(24-22-27)40-44-35-15-7-8-16-36(35)45-40/h1-24H. The van der Waals surface area contributed by atoms with Crippen LogP contribution in [0, 0.1) is 0 Å². The van der Waals surface area contributed by atoms with E-state index in [4.69, 9.17) is 19.4 Å². The number of pyridine rings is 1. The van der Waals surface area contributed by atoms with Crippen LogP contribution in [0.1, 0.15) is 0 Å². The first-order valence-corrected chi connectivity index (χ1v) is 14.9. The van der Waals surface area contributed by atoms with E-state index in [0.29, 0.717) is 5.89 Å². The highest BCUT2D eigenvalue weighted by atomic mass is 16.3. The number of benzene rings is 6. The van der Waals surface area contributed by atoms with Gasteiger partial charge in [-0.25, -0.2) is 19.9 Å². The Balaban J connectivity index is 1.15. The second-order valence-corrected chi connectivity index (χ2v) is 11.1. The van der Waals surface area contributed by atoms with Crippen LogP contribution in [-0.2, 0) is 0 Å². The Labute approximate surface area is 258 Å². The van der Waals surface area contributed by atoms with Crippen molar-refractivity contribution in [2.24, 2.45) is 0 Å². The lowest BCUT2D eigenvalue weighted by Gasteiger charge is -2.13. The zero-order valence-electron chi connectivity index (χ0n) is 24.1. The molecule has 9 aromatic rings. The summed E-state index contributed by atoms with van der Waals surface area (Å²) in [5.41, 5.74) is 10.8. The van der Waals surface area contributed by atoms with E-state index in [1.165, 1.54) is 5.39 Å². The Kier molecular flexibility index (Phi) is 5.74. The summed E-state index contributed by atoms with van der Waals surface area (Å²) in [6.07, 6.45) is 0. The van der Waals surface area contributed by atoms with Crippen LogP contribution in [0.15, 0.2) is 150 Å². The number of aromatic nitrogens is 4. The average molecular weight is 577 g/mol. The number of rotatable bonds is 4. The highest BCUT2D eigenvalue weighted by molar-refractivity contribution is 6.10. The van der Waals surface area contributed by atoms with Gasteiger partial charge in [0.15, 0.2) is 5.58 Å². The van der Waals surface area contributed by atoms with Gasteiger partial charge in [-0.05, 0) is 47.9 Å². The molecule has 9 rings (SSSR count). The van der Waals surface area contributed by atoms with Crippen LogP contribution in [0.2, 0.25) is 0 Å². The predicted octanol–water partition coefficient (Wildman–Crippen LogP) is 10.1. The summed E-state index contributed by atoms with van der Waals surface area (Å²) in [7, 11) is 0. The van der Waals surface area contributed by atoms with Crippen molar-refractivity contribution < 1.29 is 4.42 Å². The molecule has 0 unspecified atom stereocenters. The molecule has 0 bridgehead atoms. The third kappa shape index (κ3) is 4.33. The lowest BCUT2D eigenvalue weighted by Crippen LogP contribution is -1.96. The minimum Gasteiger partial charge on any atom is -0.436 e. The van der Waals surface area contributed by atoms with Crippen LogP contribution in [0.5, 0.6) is 0 Å². The molecule has 6 aromatic carbocycles. The molecule has 3 heterocycles. The number of para-hydroxylation sites is 5. The van der Waals surface area contributed by atoms with Gasteiger partial charge in [-0.15, -0.1) is 0 Å². The van der Waals surface area contributed by atoms with E-state index in [9.17, 15) is 0 Å². The van der Waals surface area contributed by atoms with Crippen LogP contribution >= 0.6 is 0 Å². The summed E-state index contributed by atoms with van der Waals surface area (Å²) in [6, 6.07) is 49.3. The predicted molar refractivity (Wildman–Crippen MR) is 182 cm³/mol. The van der Waals surface area contributed by atoms with E-state index in [1.807, 2.05) is 66.7 Å². The van der Waals surface area contributed by atoms with Crippen molar-refractivity contribution in [1.29, 1.82) is 0 Å². The van der Waals surface area contributed by atoms with Gasteiger partial charge < -0.3 is 4.42 Å². The Morgan fingerprint density at radius 3 is 1.38 bits per heavy atom.